The SMILES string of the molecule is COC(=O)[C@@H]1C(=O)NC(SCC(=O)Nc2ccccc2F)=C(C#N)[C@@H]1c1ccc(OC)c(Br)c1. The number of halogens is 2. The fraction of sp³-hybridized carbons (Fsp3) is 0.217. The van der Waals surface area contributed by atoms with Crippen LogP contribution >= 0.6 is 27.7 Å². The van der Waals surface area contributed by atoms with E-state index in [2.05, 4.69) is 32.6 Å². The van der Waals surface area contributed by atoms with Crippen molar-refractivity contribution in [2.24, 2.45) is 5.92 Å². The maximum Gasteiger partial charge on any atom is 0.319 e. The average molecular weight is 548 g/mol. The van der Waals surface area contributed by atoms with Gasteiger partial charge in [0.05, 0.1) is 46.8 Å². The van der Waals surface area contributed by atoms with Gasteiger partial charge in [-0.3, -0.25) is 14.4 Å². The van der Waals surface area contributed by atoms with Crippen molar-refractivity contribution in [1.82, 2.24) is 5.32 Å². The second-order valence-corrected chi connectivity index (χ2v) is 8.87. The Morgan fingerprint density at radius 3 is 2.62 bits per heavy atom. The molecule has 1 aliphatic rings. The van der Waals surface area contributed by atoms with Gasteiger partial charge in [-0.1, -0.05) is 30.0 Å². The second kappa shape index (κ2) is 11.2. The lowest BCUT2D eigenvalue weighted by Crippen LogP contribution is -2.44. The molecule has 0 radical (unpaired) electrons. The van der Waals surface area contributed by atoms with Crippen molar-refractivity contribution in [1.29, 1.82) is 5.26 Å². The Hall–Kier alpha value is -3.36. The maximum absolute atomic E-state index is 13.8. The topological polar surface area (TPSA) is 118 Å². The minimum absolute atomic E-state index is 0.0157. The number of benzene rings is 2. The van der Waals surface area contributed by atoms with Gasteiger partial charge in [0.2, 0.25) is 11.8 Å². The van der Waals surface area contributed by atoms with Crippen molar-refractivity contribution in [2.75, 3.05) is 25.3 Å². The molecule has 2 aromatic rings. The number of amides is 2. The standard InChI is InChI=1S/C23H19BrFN3O5S/c1-32-17-8-7-12(9-14(17)24)19-13(10-26)22(28-21(30)20(19)23(31)33-2)34-11-18(29)27-16-6-4-3-5-15(16)25/h3-9,19-20H,11H2,1-2H3,(H,27,29)(H,28,30)/t19-,20-/m0/s1. The van der Waals surface area contributed by atoms with Crippen LogP contribution in [0.3, 0.4) is 0 Å². The summed E-state index contributed by atoms with van der Waals surface area (Å²) in [6.07, 6.45) is 0. The minimum atomic E-state index is -1.31. The third kappa shape index (κ3) is 5.40. The number of esters is 1. The van der Waals surface area contributed by atoms with E-state index >= 15 is 0 Å². The summed E-state index contributed by atoms with van der Waals surface area (Å²) in [4.78, 5) is 37.7. The van der Waals surface area contributed by atoms with E-state index in [0.29, 0.717) is 15.8 Å². The normalized spacial score (nSPS) is 17.4. The third-order valence-corrected chi connectivity index (χ3v) is 6.65. The molecule has 0 aliphatic carbocycles. The van der Waals surface area contributed by atoms with Gasteiger partial charge in [-0.2, -0.15) is 5.26 Å². The smallest absolute Gasteiger partial charge is 0.319 e. The van der Waals surface area contributed by atoms with Gasteiger partial charge in [0.1, 0.15) is 17.5 Å². The van der Waals surface area contributed by atoms with Crippen molar-refractivity contribution < 1.29 is 28.2 Å². The zero-order valence-electron chi connectivity index (χ0n) is 18.1. The number of ether oxygens (including phenoxy) is 2. The lowest BCUT2D eigenvalue weighted by Gasteiger charge is -2.31. The monoisotopic (exact) mass is 547 g/mol. The first kappa shape index (κ1) is 25.3. The number of allylic oxidation sites excluding steroid dienone is 1. The van der Waals surface area contributed by atoms with Crippen molar-refractivity contribution in [3.8, 4) is 11.8 Å². The third-order valence-electron chi connectivity index (χ3n) is 5.01. The van der Waals surface area contributed by atoms with Gasteiger partial charge in [-0.25, -0.2) is 4.39 Å². The molecule has 2 N–H and O–H groups in total. The Kier molecular flexibility index (Phi) is 8.31. The average Bonchev–Trinajstić information content (AvgIpc) is 2.83. The fourth-order valence-corrected chi connectivity index (χ4v) is 4.85. The van der Waals surface area contributed by atoms with Crippen LogP contribution in [0.5, 0.6) is 5.75 Å². The lowest BCUT2D eigenvalue weighted by molar-refractivity contribution is -0.150. The predicted molar refractivity (Wildman–Crippen MR) is 127 cm³/mol. The quantitative estimate of drug-likeness (QED) is 0.400. The predicted octanol–water partition coefficient (Wildman–Crippen LogP) is 3.71. The molecule has 0 spiro atoms. The lowest BCUT2D eigenvalue weighted by atomic mass is 9.78. The maximum atomic E-state index is 13.8. The molecule has 0 fully saturated rings. The van der Waals surface area contributed by atoms with Crippen LogP contribution in [-0.2, 0) is 19.1 Å². The Morgan fingerprint density at radius 2 is 2.00 bits per heavy atom. The molecular formula is C23H19BrFN3O5S. The summed E-state index contributed by atoms with van der Waals surface area (Å²) in [6, 6.07) is 12.7. The highest BCUT2D eigenvalue weighted by molar-refractivity contribution is 9.10. The molecule has 176 valence electrons. The molecule has 0 saturated heterocycles. The van der Waals surface area contributed by atoms with Gasteiger partial charge in [0.15, 0.2) is 0 Å². The summed E-state index contributed by atoms with van der Waals surface area (Å²) in [5.74, 6) is -4.54. The molecule has 2 aromatic carbocycles. The summed E-state index contributed by atoms with van der Waals surface area (Å²) >= 11 is 4.28. The van der Waals surface area contributed by atoms with E-state index in [4.69, 9.17) is 9.47 Å². The largest absolute Gasteiger partial charge is 0.496 e. The summed E-state index contributed by atoms with van der Waals surface area (Å²) in [5.41, 5.74) is 0.612. The molecule has 3 rings (SSSR count). The Bertz CT molecular complexity index is 1210. The number of hydrogen-bond donors (Lipinski definition) is 2. The number of rotatable bonds is 7. The number of carbonyl (C=O) groups is 3. The summed E-state index contributed by atoms with van der Waals surface area (Å²) < 4.78 is 24.4. The van der Waals surface area contributed by atoms with Gasteiger partial charge in [-0.05, 0) is 45.8 Å². The van der Waals surface area contributed by atoms with Crippen LogP contribution in [0.2, 0.25) is 0 Å². The highest BCUT2D eigenvalue weighted by Crippen LogP contribution is 2.42. The Morgan fingerprint density at radius 1 is 1.26 bits per heavy atom. The zero-order chi connectivity index (χ0) is 24.8. The highest BCUT2D eigenvalue weighted by Gasteiger charge is 2.44. The van der Waals surface area contributed by atoms with Crippen LogP contribution in [-0.4, -0.2) is 37.8 Å². The van der Waals surface area contributed by atoms with Gasteiger partial charge >= 0.3 is 5.97 Å². The first-order valence-electron chi connectivity index (χ1n) is 9.84. The van der Waals surface area contributed by atoms with Gasteiger partial charge in [0.25, 0.3) is 0 Å². The number of methoxy groups -OCH3 is 2. The first-order chi connectivity index (χ1) is 16.3. The first-order valence-corrected chi connectivity index (χ1v) is 11.6. The van der Waals surface area contributed by atoms with E-state index < -0.39 is 35.4 Å². The minimum Gasteiger partial charge on any atom is -0.496 e. The molecule has 11 heteroatoms. The van der Waals surface area contributed by atoms with E-state index in [9.17, 15) is 24.0 Å². The van der Waals surface area contributed by atoms with Crippen LogP contribution in [0.1, 0.15) is 11.5 Å². The van der Waals surface area contributed by atoms with Crippen LogP contribution in [0.15, 0.2) is 57.5 Å². The van der Waals surface area contributed by atoms with Crippen molar-refractivity contribution in [3.05, 3.63) is 68.9 Å². The molecule has 34 heavy (non-hydrogen) atoms. The molecule has 2 amide bonds. The van der Waals surface area contributed by atoms with Crippen molar-refractivity contribution in [3.63, 3.8) is 0 Å². The number of carbonyl (C=O) groups excluding carboxylic acids is 3. The summed E-state index contributed by atoms with van der Waals surface area (Å²) in [5, 5.41) is 15.1. The number of thioether (sulfide) groups is 1. The fourth-order valence-electron chi connectivity index (χ4n) is 3.44. The van der Waals surface area contributed by atoms with Gasteiger partial charge < -0.3 is 20.1 Å². The molecule has 1 aliphatic heterocycles. The molecule has 1 heterocycles. The van der Waals surface area contributed by atoms with Crippen LogP contribution in [0, 0.1) is 23.1 Å². The second-order valence-electron chi connectivity index (χ2n) is 7.03. The molecule has 0 aromatic heterocycles. The molecule has 0 unspecified atom stereocenters. The van der Waals surface area contributed by atoms with Crippen molar-refractivity contribution >= 4 is 51.2 Å². The zero-order valence-corrected chi connectivity index (χ0v) is 20.5. The van der Waals surface area contributed by atoms with Crippen LogP contribution in [0.4, 0.5) is 10.1 Å². The molecule has 0 bridgehead atoms. The number of anilines is 1. The van der Waals surface area contributed by atoms with Crippen LogP contribution < -0.4 is 15.4 Å². The van der Waals surface area contributed by atoms with E-state index in [0.717, 1.165) is 18.9 Å². The van der Waals surface area contributed by atoms with E-state index in [1.54, 1.807) is 24.3 Å². The van der Waals surface area contributed by atoms with E-state index in [1.165, 1.54) is 25.3 Å². The number of nitrogens with one attached hydrogen (secondary N) is 2. The van der Waals surface area contributed by atoms with Gasteiger partial charge in [0, 0.05) is 5.92 Å². The van der Waals surface area contributed by atoms with Gasteiger partial charge in [-0.15, -0.1) is 0 Å². The van der Waals surface area contributed by atoms with Crippen molar-refractivity contribution in [2.45, 2.75) is 5.92 Å². The Balaban J connectivity index is 1.94. The molecule has 8 nitrogen and oxygen atoms in total. The Labute approximate surface area is 207 Å². The molecule has 0 saturated carbocycles. The number of para-hydroxylation sites is 1. The molecule has 2 atom stereocenters. The van der Waals surface area contributed by atoms with Crippen LogP contribution in [0.25, 0.3) is 0 Å². The molecular weight excluding hydrogens is 529 g/mol. The van der Waals surface area contributed by atoms with E-state index in [1.807, 2.05) is 0 Å². The number of hydrogen-bond acceptors (Lipinski definition) is 7. The highest BCUT2D eigenvalue weighted by atomic mass is 79.9. The van der Waals surface area contributed by atoms with E-state index in [-0.39, 0.29) is 22.0 Å². The number of nitriles is 1. The summed E-state index contributed by atoms with van der Waals surface area (Å²) in [7, 11) is 2.65. The summed E-state index contributed by atoms with van der Waals surface area (Å²) in [6.45, 7) is 0. The number of nitrogens with zero attached hydrogens (tertiary/aromatic N) is 1.